The van der Waals surface area contributed by atoms with Crippen LogP contribution in [0.5, 0.6) is 0 Å². The SMILES string of the molecule is CC1CCCN(S(=O)(=O)N[C@H]2CCCNC2)C1. The lowest BCUT2D eigenvalue weighted by Crippen LogP contribution is -2.52. The molecule has 2 aliphatic heterocycles. The van der Waals surface area contributed by atoms with Gasteiger partial charge in [0.1, 0.15) is 0 Å². The van der Waals surface area contributed by atoms with Crippen LogP contribution in [0.4, 0.5) is 0 Å². The quantitative estimate of drug-likeness (QED) is 0.768. The van der Waals surface area contributed by atoms with Crippen LogP contribution in [-0.2, 0) is 10.2 Å². The van der Waals surface area contributed by atoms with Gasteiger partial charge in [0, 0.05) is 25.7 Å². The normalized spacial score (nSPS) is 32.5. The summed E-state index contributed by atoms with van der Waals surface area (Å²) in [6.07, 6.45) is 4.10. The van der Waals surface area contributed by atoms with E-state index in [2.05, 4.69) is 17.0 Å². The van der Waals surface area contributed by atoms with E-state index in [0.717, 1.165) is 38.8 Å². The smallest absolute Gasteiger partial charge is 0.279 e. The van der Waals surface area contributed by atoms with Crippen LogP contribution < -0.4 is 10.0 Å². The molecule has 0 spiro atoms. The van der Waals surface area contributed by atoms with E-state index in [9.17, 15) is 8.42 Å². The summed E-state index contributed by atoms with van der Waals surface area (Å²) in [6.45, 7) is 5.20. The monoisotopic (exact) mass is 261 g/mol. The van der Waals surface area contributed by atoms with Crippen molar-refractivity contribution >= 4 is 10.2 Å². The Bertz CT molecular complexity index is 339. The van der Waals surface area contributed by atoms with E-state index in [1.165, 1.54) is 0 Å². The lowest BCUT2D eigenvalue weighted by Gasteiger charge is -2.32. The van der Waals surface area contributed by atoms with Crippen LogP contribution in [0.15, 0.2) is 0 Å². The number of hydrogen-bond donors (Lipinski definition) is 2. The van der Waals surface area contributed by atoms with Crippen LogP contribution in [-0.4, -0.2) is 44.9 Å². The van der Waals surface area contributed by atoms with Gasteiger partial charge in [-0.15, -0.1) is 0 Å². The highest BCUT2D eigenvalue weighted by Gasteiger charge is 2.29. The number of piperidine rings is 2. The standard InChI is InChI=1S/C11H23N3O2S/c1-10-4-3-7-14(9-10)17(15,16)13-11-5-2-6-12-8-11/h10-13H,2-9H2,1H3/t10?,11-/m0/s1. The molecular weight excluding hydrogens is 238 g/mol. The predicted molar refractivity (Wildman–Crippen MR) is 67.9 cm³/mol. The van der Waals surface area contributed by atoms with Crippen LogP contribution in [0.25, 0.3) is 0 Å². The van der Waals surface area contributed by atoms with Crippen LogP contribution >= 0.6 is 0 Å². The van der Waals surface area contributed by atoms with Gasteiger partial charge < -0.3 is 5.32 Å². The molecule has 100 valence electrons. The summed E-state index contributed by atoms with van der Waals surface area (Å²) < 4.78 is 28.8. The minimum atomic E-state index is -3.27. The third-order valence-corrected chi connectivity index (χ3v) is 5.21. The maximum atomic E-state index is 12.2. The molecule has 2 aliphatic rings. The van der Waals surface area contributed by atoms with E-state index in [1.807, 2.05) is 0 Å². The summed E-state index contributed by atoms with van der Waals surface area (Å²) in [4.78, 5) is 0. The van der Waals surface area contributed by atoms with Crippen molar-refractivity contribution in [3.8, 4) is 0 Å². The van der Waals surface area contributed by atoms with E-state index in [1.54, 1.807) is 4.31 Å². The largest absolute Gasteiger partial charge is 0.315 e. The molecule has 0 saturated carbocycles. The van der Waals surface area contributed by atoms with Crippen molar-refractivity contribution in [3.05, 3.63) is 0 Å². The Morgan fingerprint density at radius 1 is 1.29 bits per heavy atom. The first kappa shape index (κ1) is 13.3. The van der Waals surface area contributed by atoms with Crippen molar-refractivity contribution in [2.75, 3.05) is 26.2 Å². The second kappa shape index (κ2) is 5.65. The fourth-order valence-corrected chi connectivity index (χ4v) is 4.19. The van der Waals surface area contributed by atoms with Crippen molar-refractivity contribution in [1.82, 2.24) is 14.3 Å². The molecule has 2 saturated heterocycles. The molecule has 17 heavy (non-hydrogen) atoms. The van der Waals surface area contributed by atoms with Crippen molar-refractivity contribution in [2.45, 2.75) is 38.6 Å². The topological polar surface area (TPSA) is 61.4 Å². The molecule has 2 heterocycles. The van der Waals surface area contributed by atoms with E-state index in [-0.39, 0.29) is 6.04 Å². The van der Waals surface area contributed by atoms with Gasteiger partial charge in [-0.1, -0.05) is 6.92 Å². The second-order valence-corrected chi connectivity index (χ2v) is 6.97. The fraction of sp³-hybridized carbons (Fsp3) is 1.00. The van der Waals surface area contributed by atoms with E-state index in [4.69, 9.17) is 0 Å². The number of nitrogens with zero attached hydrogens (tertiary/aromatic N) is 1. The average Bonchev–Trinajstić information content (AvgIpc) is 2.30. The molecule has 0 radical (unpaired) electrons. The second-order valence-electron chi connectivity index (χ2n) is 5.27. The van der Waals surface area contributed by atoms with E-state index in [0.29, 0.717) is 19.0 Å². The molecule has 5 nitrogen and oxygen atoms in total. The molecular formula is C11H23N3O2S. The van der Waals surface area contributed by atoms with Crippen molar-refractivity contribution < 1.29 is 8.42 Å². The predicted octanol–water partition coefficient (Wildman–Crippen LogP) is 0.305. The molecule has 2 N–H and O–H groups in total. The highest BCUT2D eigenvalue weighted by atomic mass is 32.2. The summed E-state index contributed by atoms with van der Waals surface area (Å²) in [5.74, 6) is 0.477. The summed E-state index contributed by atoms with van der Waals surface area (Å²) >= 11 is 0. The molecule has 0 bridgehead atoms. The van der Waals surface area contributed by atoms with E-state index < -0.39 is 10.2 Å². The molecule has 0 aromatic rings. The molecule has 0 aliphatic carbocycles. The molecule has 0 amide bonds. The Kier molecular flexibility index (Phi) is 4.41. The van der Waals surface area contributed by atoms with Crippen molar-refractivity contribution in [2.24, 2.45) is 5.92 Å². The summed E-state index contributed by atoms with van der Waals surface area (Å²) in [7, 11) is -3.27. The van der Waals surface area contributed by atoms with Gasteiger partial charge in [-0.3, -0.25) is 0 Å². The molecule has 2 atom stereocenters. The third-order valence-electron chi connectivity index (χ3n) is 3.57. The minimum absolute atomic E-state index is 0.0611. The van der Waals surface area contributed by atoms with Gasteiger partial charge in [-0.25, -0.2) is 0 Å². The van der Waals surface area contributed by atoms with Gasteiger partial charge >= 0.3 is 0 Å². The molecule has 2 fully saturated rings. The fourth-order valence-electron chi connectivity index (χ4n) is 2.60. The van der Waals surface area contributed by atoms with Crippen LogP contribution in [0.2, 0.25) is 0 Å². The molecule has 6 heteroatoms. The molecule has 0 aromatic carbocycles. The average molecular weight is 261 g/mol. The number of hydrogen-bond acceptors (Lipinski definition) is 3. The van der Waals surface area contributed by atoms with Gasteiger partial charge in [0.05, 0.1) is 0 Å². The third kappa shape index (κ3) is 3.64. The summed E-state index contributed by atoms with van der Waals surface area (Å²) in [6, 6.07) is 0.0611. The molecule has 2 rings (SSSR count). The lowest BCUT2D eigenvalue weighted by molar-refractivity contribution is 0.274. The first-order chi connectivity index (χ1) is 8.08. The highest BCUT2D eigenvalue weighted by Crippen LogP contribution is 2.18. The lowest BCUT2D eigenvalue weighted by atomic mass is 10.0. The van der Waals surface area contributed by atoms with Crippen molar-refractivity contribution in [1.29, 1.82) is 0 Å². The highest BCUT2D eigenvalue weighted by molar-refractivity contribution is 7.87. The van der Waals surface area contributed by atoms with Gasteiger partial charge in [-0.2, -0.15) is 17.4 Å². The first-order valence-electron chi connectivity index (χ1n) is 6.56. The molecule has 0 aromatic heterocycles. The zero-order valence-electron chi connectivity index (χ0n) is 10.5. The van der Waals surface area contributed by atoms with Crippen LogP contribution in [0.1, 0.15) is 32.6 Å². The Hall–Kier alpha value is -0.170. The minimum Gasteiger partial charge on any atom is -0.315 e. The Balaban J connectivity index is 1.92. The maximum Gasteiger partial charge on any atom is 0.279 e. The Morgan fingerprint density at radius 2 is 2.12 bits per heavy atom. The first-order valence-corrected chi connectivity index (χ1v) is 8.00. The zero-order valence-corrected chi connectivity index (χ0v) is 11.3. The Morgan fingerprint density at radius 3 is 2.76 bits per heavy atom. The van der Waals surface area contributed by atoms with Crippen LogP contribution in [0, 0.1) is 5.92 Å². The van der Waals surface area contributed by atoms with Crippen LogP contribution in [0.3, 0.4) is 0 Å². The number of rotatable bonds is 3. The maximum absolute atomic E-state index is 12.2. The van der Waals surface area contributed by atoms with Crippen molar-refractivity contribution in [3.63, 3.8) is 0 Å². The van der Waals surface area contributed by atoms with Gasteiger partial charge in [0.15, 0.2) is 0 Å². The molecule has 1 unspecified atom stereocenters. The Labute approximate surface area is 104 Å². The zero-order chi connectivity index (χ0) is 12.3. The summed E-state index contributed by atoms with van der Waals surface area (Å²) in [5, 5.41) is 3.22. The van der Waals surface area contributed by atoms with Gasteiger partial charge in [0.2, 0.25) is 0 Å². The summed E-state index contributed by atoms with van der Waals surface area (Å²) in [5.41, 5.74) is 0. The van der Waals surface area contributed by atoms with Gasteiger partial charge in [0.25, 0.3) is 10.2 Å². The number of nitrogens with one attached hydrogen (secondary N) is 2. The van der Waals surface area contributed by atoms with Gasteiger partial charge in [-0.05, 0) is 38.1 Å². The van der Waals surface area contributed by atoms with E-state index >= 15 is 0 Å².